The molecule has 0 spiro atoms. The average molecular weight is 430 g/mol. The fourth-order valence-corrected chi connectivity index (χ4v) is 3.87. The summed E-state index contributed by atoms with van der Waals surface area (Å²) in [6.45, 7) is 6.84. The van der Waals surface area contributed by atoms with E-state index in [9.17, 15) is 9.90 Å². The summed E-state index contributed by atoms with van der Waals surface area (Å²) in [5, 5.41) is 13.8. The number of aromatic hydroxyl groups is 1. The number of carbonyl (C=O) groups excluding carboxylic acids is 1. The molecule has 1 saturated heterocycles. The minimum absolute atomic E-state index is 0.0643. The zero-order valence-corrected chi connectivity index (χ0v) is 18.7. The minimum atomic E-state index is -0.551. The molecule has 1 unspecified atom stereocenters. The number of ether oxygens (including phenoxy) is 3. The standard InChI is InChI=1S/C23H31N3O5/c1-23(2,3)31-22(28)25-16-8-11-26(14-16)21(15-6-9-24-10-7-15)20-18(27)12-17(29-4)13-19(20)30-5/h6-7,9-10,12-13,16,21,27H,8,11,14H2,1-5H3,(H,25,28)/t16-,21?/m1/s1. The Morgan fingerprint density at radius 1 is 1.23 bits per heavy atom. The van der Waals surface area contributed by atoms with Crippen molar-refractivity contribution < 1.29 is 24.1 Å². The summed E-state index contributed by atoms with van der Waals surface area (Å²) in [4.78, 5) is 18.6. The first-order chi connectivity index (χ1) is 14.7. The Morgan fingerprint density at radius 2 is 1.94 bits per heavy atom. The van der Waals surface area contributed by atoms with Crippen molar-refractivity contribution in [1.29, 1.82) is 0 Å². The minimum Gasteiger partial charge on any atom is -0.507 e. The third-order valence-electron chi connectivity index (χ3n) is 5.15. The number of alkyl carbamates (subject to hydrolysis) is 1. The van der Waals surface area contributed by atoms with Crippen LogP contribution in [0.5, 0.6) is 17.2 Å². The van der Waals surface area contributed by atoms with E-state index in [1.807, 2.05) is 32.9 Å². The van der Waals surface area contributed by atoms with E-state index in [0.717, 1.165) is 18.5 Å². The number of methoxy groups -OCH3 is 2. The van der Waals surface area contributed by atoms with Gasteiger partial charge >= 0.3 is 6.09 Å². The van der Waals surface area contributed by atoms with E-state index in [4.69, 9.17) is 14.2 Å². The van der Waals surface area contributed by atoms with Crippen molar-refractivity contribution in [2.75, 3.05) is 27.3 Å². The highest BCUT2D eigenvalue weighted by Crippen LogP contribution is 2.43. The highest BCUT2D eigenvalue weighted by Gasteiger charge is 2.35. The molecule has 8 heteroatoms. The van der Waals surface area contributed by atoms with Gasteiger partial charge in [-0.15, -0.1) is 0 Å². The van der Waals surface area contributed by atoms with Crippen LogP contribution in [0.25, 0.3) is 0 Å². The molecule has 8 nitrogen and oxygen atoms in total. The zero-order chi connectivity index (χ0) is 22.6. The lowest BCUT2D eigenvalue weighted by molar-refractivity contribution is 0.0505. The van der Waals surface area contributed by atoms with Crippen LogP contribution in [-0.4, -0.2) is 60.0 Å². The molecule has 0 saturated carbocycles. The molecule has 1 amide bonds. The smallest absolute Gasteiger partial charge is 0.407 e. The molecular formula is C23H31N3O5. The number of aromatic nitrogens is 1. The third-order valence-corrected chi connectivity index (χ3v) is 5.15. The molecule has 1 aromatic carbocycles. The van der Waals surface area contributed by atoms with Crippen molar-refractivity contribution in [2.24, 2.45) is 0 Å². The summed E-state index contributed by atoms with van der Waals surface area (Å²) >= 11 is 0. The van der Waals surface area contributed by atoms with Gasteiger partial charge in [0, 0.05) is 43.7 Å². The van der Waals surface area contributed by atoms with Gasteiger partial charge in [0.25, 0.3) is 0 Å². The quantitative estimate of drug-likeness (QED) is 0.726. The van der Waals surface area contributed by atoms with Crippen LogP contribution < -0.4 is 14.8 Å². The summed E-state index contributed by atoms with van der Waals surface area (Å²) in [6, 6.07) is 6.83. The Labute approximate surface area is 183 Å². The van der Waals surface area contributed by atoms with E-state index < -0.39 is 11.7 Å². The first-order valence-electron chi connectivity index (χ1n) is 10.3. The fourth-order valence-electron chi connectivity index (χ4n) is 3.87. The molecule has 2 heterocycles. The molecule has 1 aromatic heterocycles. The van der Waals surface area contributed by atoms with E-state index in [-0.39, 0.29) is 17.8 Å². The van der Waals surface area contributed by atoms with Crippen molar-refractivity contribution in [2.45, 2.75) is 44.9 Å². The van der Waals surface area contributed by atoms with E-state index in [2.05, 4.69) is 15.2 Å². The Kier molecular flexibility index (Phi) is 6.90. The zero-order valence-electron chi connectivity index (χ0n) is 18.7. The number of nitrogens with one attached hydrogen (secondary N) is 1. The van der Waals surface area contributed by atoms with Crippen LogP contribution in [-0.2, 0) is 4.74 Å². The Balaban J connectivity index is 1.90. The number of phenols is 1. The van der Waals surface area contributed by atoms with Crippen molar-refractivity contribution in [3.8, 4) is 17.2 Å². The number of phenolic OH excluding ortho intramolecular Hbond substituents is 1. The molecule has 3 rings (SSSR count). The van der Waals surface area contributed by atoms with Gasteiger partial charge in [-0.25, -0.2) is 4.79 Å². The molecule has 0 aliphatic carbocycles. The first-order valence-corrected chi connectivity index (χ1v) is 10.3. The average Bonchev–Trinajstić information content (AvgIpc) is 3.16. The number of carbonyl (C=O) groups is 1. The molecule has 168 valence electrons. The lowest BCUT2D eigenvalue weighted by Crippen LogP contribution is -2.41. The maximum atomic E-state index is 12.2. The molecule has 0 bridgehead atoms. The predicted octanol–water partition coefficient (Wildman–Crippen LogP) is 3.49. The molecule has 2 aromatic rings. The number of hydrogen-bond donors (Lipinski definition) is 2. The second kappa shape index (κ2) is 9.43. The van der Waals surface area contributed by atoms with Crippen molar-refractivity contribution >= 4 is 6.09 Å². The van der Waals surface area contributed by atoms with Crippen LogP contribution in [0, 0.1) is 0 Å². The number of rotatable bonds is 6. The molecule has 0 radical (unpaired) electrons. The van der Waals surface area contributed by atoms with Gasteiger partial charge in [-0.05, 0) is 44.9 Å². The number of pyridine rings is 1. The van der Waals surface area contributed by atoms with E-state index in [1.54, 1.807) is 38.7 Å². The molecule has 1 aliphatic heterocycles. The van der Waals surface area contributed by atoms with Crippen molar-refractivity contribution in [1.82, 2.24) is 15.2 Å². The van der Waals surface area contributed by atoms with E-state index >= 15 is 0 Å². The summed E-state index contributed by atoms with van der Waals surface area (Å²) in [5.41, 5.74) is 1.06. The van der Waals surface area contributed by atoms with Crippen LogP contribution >= 0.6 is 0 Å². The second-order valence-electron chi connectivity index (χ2n) is 8.57. The maximum Gasteiger partial charge on any atom is 0.407 e. The summed E-state index contributed by atoms with van der Waals surface area (Å²) < 4.78 is 16.3. The van der Waals surface area contributed by atoms with Gasteiger partial charge < -0.3 is 24.6 Å². The fraction of sp³-hybridized carbons (Fsp3) is 0.478. The summed E-state index contributed by atoms with van der Waals surface area (Å²) in [5.74, 6) is 1.13. The van der Waals surface area contributed by atoms with Gasteiger partial charge in [0.1, 0.15) is 22.8 Å². The molecule has 2 N–H and O–H groups in total. The topological polar surface area (TPSA) is 93.2 Å². The Bertz CT molecular complexity index is 898. The summed E-state index contributed by atoms with van der Waals surface area (Å²) in [7, 11) is 3.11. The number of amides is 1. The predicted molar refractivity (Wildman–Crippen MR) is 117 cm³/mol. The number of nitrogens with zero attached hydrogens (tertiary/aromatic N) is 2. The van der Waals surface area contributed by atoms with Gasteiger partial charge in [0.05, 0.1) is 25.8 Å². The van der Waals surface area contributed by atoms with Gasteiger partial charge in [-0.2, -0.15) is 0 Å². The number of benzene rings is 1. The lowest BCUT2D eigenvalue weighted by Gasteiger charge is -2.30. The van der Waals surface area contributed by atoms with Gasteiger partial charge in [-0.1, -0.05) is 0 Å². The van der Waals surface area contributed by atoms with Crippen LogP contribution in [0.1, 0.15) is 44.4 Å². The summed E-state index contributed by atoms with van der Waals surface area (Å²) in [6.07, 6.45) is 3.79. The van der Waals surface area contributed by atoms with Gasteiger partial charge in [0.2, 0.25) is 0 Å². The van der Waals surface area contributed by atoms with Crippen LogP contribution in [0.15, 0.2) is 36.7 Å². The van der Waals surface area contributed by atoms with E-state index in [0.29, 0.717) is 23.6 Å². The van der Waals surface area contributed by atoms with Gasteiger partial charge in [-0.3, -0.25) is 9.88 Å². The molecule has 1 fully saturated rings. The molecular weight excluding hydrogens is 398 g/mol. The molecule has 31 heavy (non-hydrogen) atoms. The monoisotopic (exact) mass is 429 g/mol. The molecule has 2 atom stereocenters. The first kappa shape index (κ1) is 22.7. The Morgan fingerprint density at radius 3 is 2.55 bits per heavy atom. The molecule has 1 aliphatic rings. The number of hydrogen-bond acceptors (Lipinski definition) is 7. The third kappa shape index (κ3) is 5.58. The van der Waals surface area contributed by atoms with Crippen molar-refractivity contribution in [3.63, 3.8) is 0 Å². The van der Waals surface area contributed by atoms with E-state index in [1.165, 1.54) is 0 Å². The van der Waals surface area contributed by atoms with Crippen LogP contribution in [0.3, 0.4) is 0 Å². The van der Waals surface area contributed by atoms with Crippen LogP contribution in [0.4, 0.5) is 4.79 Å². The second-order valence-corrected chi connectivity index (χ2v) is 8.57. The SMILES string of the molecule is COc1cc(O)c(C(c2ccncc2)N2CC[C@@H](NC(=O)OC(C)(C)C)C2)c(OC)c1. The Hall–Kier alpha value is -3.00. The highest BCUT2D eigenvalue weighted by atomic mass is 16.6. The van der Waals surface area contributed by atoms with Crippen molar-refractivity contribution in [3.05, 3.63) is 47.8 Å². The van der Waals surface area contributed by atoms with Gasteiger partial charge in [0.15, 0.2) is 0 Å². The lowest BCUT2D eigenvalue weighted by atomic mass is 9.96. The van der Waals surface area contributed by atoms with Crippen LogP contribution in [0.2, 0.25) is 0 Å². The number of likely N-dealkylation sites (tertiary alicyclic amines) is 1. The highest BCUT2D eigenvalue weighted by molar-refractivity contribution is 5.68. The normalized spacial score (nSPS) is 17.8. The largest absolute Gasteiger partial charge is 0.507 e. The maximum absolute atomic E-state index is 12.2.